The molecule has 48 heavy (non-hydrogen) atoms. The molecule has 0 radical (unpaired) electrons. The highest BCUT2D eigenvalue weighted by molar-refractivity contribution is 6.38. The molecule has 0 atom stereocenters. The molecule has 250 valence electrons. The lowest BCUT2D eigenvalue weighted by molar-refractivity contribution is -0.124. The van der Waals surface area contributed by atoms with Crippen LogP contribution >= 0.6 is 23.2 Å². The summed E-state index contributed by atoms with van der Waals surface area (Å²) in [5.74, 6) is -0.488. The largest absolute Gasteiger partial charge is 0.486 e. The molecule has 13 nitrogen and oxygen atoms in total. The molecule has 0 aliphatic rings. The maximum atomic E-state index is 13.0. The van der Waals surface area contributed by atoms with Gasteiger partial charge in [-0.2, -0.15) is 4.98 Å². The van der Waals surface area contributed by atoms with Gasteiger partial charge in [-0.3, -0.25) is 23.9 Å². The number of benzene rings is 2. The van der Waals surface area contributed by atoms with E-state index in [1.165, 1.54) is 11.9 Å². The Morgan fingerprint density at radius 3 is 2.56 bits per heavy atom. The highest BCUT2D eigenvalue weighted by atomic mass is 35.5. The molecule has 3 amide bonds. The van der Waals surface area contributed by atoms with Crippen molar-refractivity contribution in [2.75, 3.05) is 32.6 Å². The van der Waals surface area contributed by atoms with E-state index in [0.29, 0.717) is 46.5 Å². The van der Waals surface area contributed by atoms with E-state index in [9.17, 15) is 14.4 Å². The number of para-hydroxylation sites is 1. The summed E-state index contributed by atoms with van der Waals surface area (Å²) in [7, 11) is 6.55. The number of halogens is 2. The lowest BCUT2D eigenvalue weighted by Gasteiger charge is -2.21. The highest BCUT2D eigenvalue weighted by Crippen LogP contribution is 2.36. The lowest BCUT2D eigenvalue weighted by atomic mass is 10.1. The molecule has 15 heteroatoms. The number of aromatic nitrogens is 5. The number of nitrogens with zero attached hydrogens (tertiary/aromatic N) is 6. The minimum Gasteiger partial charge on any atom is -0.486 e. The fourth-order valence-electron chi connectivity index (χ4n) is 4.97. The van der Waals surface area contributed by atoms with Crippen LogP contribution in [0.3, 0.4) is 0 Å². The van der Waals surface area contributed by atoms with Gasteiger partial charge in [0.2, 0.25) is 11.8 Å². The monoisotopic (exact) mass is 692 g/mol. The predicted octanol–water partition coefficient (Wildman–Crippen LogP) is 4.18. The van der Waals surface area contributed by atoms with Gasteiger partial charge >= 0.3 is 0 Å². The van der Waals surface area contributed by atoms with Crippen LogP contribution in [-0.2, 0) is 36.2 Å². The average Bonchev–Trinajstić information content (AvgIpc) is 3.68. The summed E-state index contributed by atoms with van der Waals surface area (Å²) in [6, 6.07) is 12.6. The number of ether oxygens (including phenoxy) is 2. The van der Waals surface area contributed by atoms with Gasteiger partial charge in [0.1, 0.15) is 23.6 Å². The van der Waals surface area contributed by atoms with E-state index < -0.39 is 0 Å². The second-order valence-corrected chi connectivity index (χ2v) is 11.6. The van der Waals surface area contributed by atoms with Gasteiger partial charge in [0.25, 0.3) is 11.9 Å². The Hall–Kier alpha value is -5.14. The van der Waals surface area contributed by atoms with E-state index >= 15 is 0 Å². The molecule has 0 aliphatic carbocycles. The number of pyridine rings is 1. The number of anilines is 1. The SMILES string of the molecule is CNC(=O)c1ccc(CCC(=O)NCC(=O)N(C)c2ccc(Cl)c(COc3cccc4c3nc(OC)n4Cc3cn(C)cn3)c2Cl)cn1. The van der Waals surface area contributed by atoms with E-state index in [2.05, 4.69) is 25.6 Å². The van der Waals surface area contributed by atoms with E-state index in [1.54, 1.807) is 57.0 Å². The fraction of sp³-hybridized carbons (Fsp3) is 0.273. The topological polar surface area (TPSA) is 146 Å². The van der Waals surface area contributed by atoms with Gasteiger partial charge in [0.05, 0.1) is 48.4 Å². The van der Waals surface area contributed by atoms with Crippen molar-refractivity contribution in [2.45, 2.75) is 26.0 Å². The van der Waals surface area contributed by atoms with E-state index in [-0.39, 0.29) is 48.0 Å². The first-order valence-corrected chi connectivity index (χ1v) is 15.6. The Kier molecular flexibility index (Phi) is 10.8. The predicted molar refractivity (Wildman–Crippen MR) is 182 cm³/mol. The van der Waals surface area contributed by atoms with Crippen molar-refractivity contribution in [3.8, 4) is 11.8 Å². The number of hydrogen-bond donors (Lipinski definition) is 2. The third kappa shape index (κ3) is 7.69. The smallest absolute Gasteiger partial charge is 0.297 e. The Morgan fingerprint density at radius 2 is 1.88 bits per heavy atom. The molecule has 0 spiro atoms. The minimum absolute atomic E-state index is 0.00223. The van der Waals surface area contributed by atoms with Crippen LogP contribution in [-0.4, -0.2) is 69.6 Å². The van der Waals surface area contributed by atoms with Gasteiger partial charge in [-0.05, 0) is 42.3 Å². The minimum atomic E-state index is -0.383. The van der Waals surface area contributed by atoms with Gasteiger partial charge in [-0.15, -0.1) is 0 Å². The van der Waals surface area contributed by atoms with Gasteiger partial charge in [0.15, 0.2) is 0 Å². The molecule has 5 rings (SSSR count). The van der Waals surface area contributed by atoms with Crippen LogP contribution in [0.1, 0.15) is 33.7 Å². The first kappa shape index (κ1) is 34.2. The molecule has 5 aromatic rings. The number of rotatable bonds is 13. The van der Waals surface area contributed by atoms with Gasteiger partial charge in [-0.25, -0.2) is 4.98 Å². The Labute approximate surface area is 286 Å². The number of likely N-dealkylation sites (N-methyl/N-ethyl adjacent to an activating group) is 1. The lowest BCUT2D eigenvalue weighted by Crippen LogP contribution is -2.38. The summed E-state index contributed by atoms with van der Waals surface area (Å²) >= 11 is 13.3. The van der Waals surface area contributed by atoms with Crippen LogP contribution in [0.2, 0.25) is 10.0 Å². The average molecular weight is 694 g/mol. The number of hydrogen-bond acceptors (Lipinski definition) is 8. The number of nitrogens with one attached hydrogen (secondary N) is 2. The summed E-state index contributed by atoms with van der Waals surface area (Å²) in [6.45, 7) is 0.215. The zero-order valence-corrected chi connectivity index (χ0v) is 28.3. The number of carbonyl (C=O) groups is 3. The highest BCUT2D eigenvalue weighted by Gasteiger charge is 2.21. The van der Waals surface area contributed by atoms with Crippen molar-refractivity contribution >= 4 is 57.6 Å². The molecule has 0 aliphatic heterocycles. The number of amides is 3. The zero-order chi connectivity index (χ0) is 34.4. The quantitative estimate of drug-likeness (QED) is 0.187. The van der Waals surface area contributed by atoms with Crippen molar-refractivity contribution < 1.29 is 23.9 Å². The third-order valence-electron chi connectivity index (χ3n) is 7.60. The van der Waals surface area contributed by atoms with Crippen molar-refractivity contribution in [1.29, 1.82) is 0 Å². The van der Waals surface area contributed by atoms with Crippen LogP contribution in [0.15, 0.2) is 61.2 Å². The number of methoxy groups -OCH3 is 1. The Bertz CT molecular complexity index is 1960. The molecule has 2 N–H and O–H groups in total. The van der Waals surface area contributed by atoms with Gasteiger partial charge in [0, 0.05) is 50.5 Å². The van der Waals surface area contributed by atoms with Crippen LogP contribution < -0.4 is 25.0 Å². The van der Waals surface area contributed by atoms with Crippen molar-refractivity contribution in [3.05, 3.63) is 93.7 Å². The van der Waals surface area contributed by atoms with Crippen LogP contribution in [0, 0.1) is 0 Å². The maximum absolute atomic E-state index is 13.0. The van der Waals surface area contributed by atoms with Gasteiger partial charge < -0.3 is 29.6 Å². The molecule has 0 saturated carbocycles. The zero-order valence-electron chi connectivity index (χ0n) is 26.8. The summed E-state index contributed by atoms with van der Waals surface area (Å²) in [5, 5.41) is 5.75. The summed E-state index contributed by atoms with van der Waals surface area (Å²) in [6.07, 6.45) is 5.74. The number of imidazole rings is 2. The van der Waals surface area contributed by atoms with Crippen molar-refractivity contribution in [2.24, 2.45) is 7.05 Å². The molecular weight excluding hydrogens is 659 g/mol. The summed E-state index contributed by atoms with van der Waals surface area (Å²) < 4.78 is 15.5. The molecule has 0 unspecified atom stereocenters. The van der Waals surface area contributed by atoms with Gasteiger partial charge in [-0.1, -0.05) is 35.3 Å². The van der Waals surface area contributed by atoms with Crippen molar-refractivity contribution in [3.63, 3.8) is 0 Å². The van der Waals surface area contributed by atoms with E-state index in [0.717, 1.165) is 16.8 Å². The normalized spacial score (nSPS) is 11.0. The molecule has 2 aromatic carbocycles. The molecule has 0 bridgehead atoms. The van der Waals surface area contributed by atoms with Crippen LogP contribution in [0.4, 0.5) is 5.69 Å². The number of carbonyl (C=O) groups excluding carboxylic acids is 3. The Morgan fingerprint density at radius 1 is 1.06 bits per heavy atom. The molecule has 0 fully saturated rings. The second kappa shape index (κ2) is 15.2. The maximum Gasteiger partial charge on any atom is 0.297 e. The second-order valence-electron chi connectivity index (χ2n) is 10.8. The summed E-state index contributed by atoms with van der Waals surface area (Å²) in [5.41, 5.74) is 4.19. The van der Waals surface area contributed by atoms with Crippen LogP contribution in [0.25, 0.3) is 11.0 Å². The van der Waals surface area contributed by atoms with Crippen LogP contribution in [0.5, 0.6) is 11.8 Å². The molecule has 3 aromatic heterocycles. The molecule has 0 saturated heterocycles. The van der Waals surface area contributed by atoms with Crippen molar-refractivity contribution in [1.82, 2.24) is 34.7 Å². The Balaban J connectivity index is 1.22. The standard InChI is InChI=1S/C33H34Cl2N8O5/c1-36-32(46)24-11-8-20(14-37-24)9-13-28(44)38-15-29(45)42(3)25-12-10-23(34)22(30(25)35)18-48-27-7-5-6-26-31(27)40-33(47-4)43(26)17-21-16-41(2)19-39-21/h5-8,10-12,14,16,19H,9,13,15,17-18H2,1-4H3,(H,36,46)(H,38,44). The fourth-order valence-corrected chi connectivity index (χ4v) is 5.58. The molecular formula is C33H34Cl2N8O5. The van der Waals surface area contributed by atoms with E-state index in [1.807, 2.05) is 34.5 Å². The molecule has 3 heterocycles. The van der Waals surface area contributed by atoms with E-state index in [4.69, 9.17) is 32.7 Å². The number of fused-ring (bicyclic) bond motifs is 1. The first-order chi connectivity index (χ1) is 23.1. The summed E-state index contributed by atoms with van der Waals surface area (Å²) in [4.78, 5) is 51.7. The first-order valence-electron chi connectivity index (χ1n) is 14.9. The third-order valence-corrected chi connectivity index (χ3v) is 8.38. The number of aryl methyl sites for hydroxylation is 2.